The van der Waals surface area contributed by atoms with Gasteiger partial charge in [-0.1, -0.05) is 54.6 Å². The summed E-state index contributed by atoms with van der Waals surface area (Å²) in [5.41, 5.74) is -0.290. The molecule has 0 amide bonds. The maximum atomic E-state index is 11.8. The molecule has 31 heavy (non-hydrogen) atoms. The van der Waals surface area contributed by atoms with E-state index in [0.29, 0.717) is 17.9 Å². The molecule has 8 nitrogen and oxygen atoms in total. The molecule has 0 bridgehead atoms. The molecule has 0 saturated carbocycles. The molecule has 8 heteroatoms. The van der Waals surface area contributed by atoms with Gasteiger partial charge in [0.1, 0.15) is 18.2 Å². The molecule has 0 radical (unpaired) electrons. The molecule has 3 aromatic carbocycles. The zero-order valence-corrected chi connectivity index (χ0v) is 16.2. The van der Waals surface area contributed by atoms with Gasteiger partial charge in [-0.25, -0.2) is 0 Å². The number of hydrogen-bond donors (Lipinski definition) is 2. The van der Waals surface area contributed by atoms with Crippen LogP contribution in [0.3, 0.4) is 0 Å². The lowest BCUT2D eigenvalue weighted by molar-refractivity contribution is -0.387. The Morgan fingerprint density at radius 1 is 1.03 bits per heavy atom. The number of ether oxygens (including phenoxy) is 1. The second-order valence-electron chi connectivity index (χ2n) is 6.72. The third-order valence-corrected chi connectivity index (χ3v) is 4.63. The third kappa shape index (κ3) is 4.43. The monoisotopic (exact) mass is 415 g/mol. The van der Waals surface area contributed by atoms with Gasteiger partial charge in [-0.15, -0.1) is 0 Å². The number of aromatic nitrogens is 2. The van der Waals surface area contributed by atoms with Crippen molar-refractivity contribution in [2.45, 2.75) is 6.61 Å². The lowest BCUT2D eigenvalue weighted by atomic mass is 10.1. The minimum absolute atomic E-state index is 0.0163. The lowest BCUT2D eigenvalue weighted by Gasteiger charge is -2.10. The summed E-state index contributed by atoms with van der Waals surface area (Å²) in [4.78, 5) is 27.5. The fraction of sp³-hybridized carbons (Fsp3) is 0.0435. The number of nitro groups is 1. The summed E-state index contributed by atoms with van der Waals surface area (Å²) < 4.78 is 5.98. The van der Waals surface area contributed by atoms with Crippen molar-refractivity contribution in [3.05, 3.63) is 104 Å². The molecular weight excluding hydrogens is 398 g/mol. The van der Waals surface area contributed by atoms with Gasteiger partial charge in [-0.2, -0.15) is 4.98 Å². The van der Waals surface area contributed by atoms with E-state index in [2.05, 4.69) is 22.1 Å². The second kappa shape index (κ2) is 8.50. The van der Waals surface area contributed by atoms with Crippen LogP contribution in [0.2, 0.25) is 0 Å². The predicted molar refractivity (Wildman–Crippen MR) is 117 cm³/mol. The number of hydrogen-bond acceptors (Lipinski definition) is 6. The normalized spacial score (nSPS) is 11.1. The van der Waals surface area contributed by atoms with E-state index in [0.717, 1.165) is 16.3 Å². The van der Waals surface area contributed by atoms with Crippen LogP contribution in [-0.4, -0.2) is 20.0 Å². The molecule has 0 aliphatic carbocycles. The molecule has 0 spiro atoms. The minimum Gasteiger partial charge on any atom is -0.488 e. The first-order valence-electron chi connectivity index (χ1n) is 9.36. The Morgan fingerprint density at radius 2 is 1.77 bits per heavy atom. The highest BCUT2D eigenvalue weighted by atomic mass is 16.6. The van der Waals surface area contributed by atoms with Crippen molar-refractivity contribution in [2.75, 3.05) is 0 Å². The highest BCUT2D eigenvalue weighted by molar-refractivity contribution is 5.83. The number of nitrogens with zero attached hydrogens (tertiary/aromatic N) is 2. The Kier molecular flexibility index (Phi) is 5.44. The molecule has 0 aliphatic rings. The number of fused-ring (bicyclic) bond motifs is 1. The van der Waals surface area contributed by atoms with Crippen molar-refractivity contribution < 1.29 is 14.8 Å². The topological polar surface area (TPSA) is 118 Å². The van der Waals surface area contributed by atoms with Gasteiger partial charge in [-0.05, 0) is 40.6 Å². The molecular formula is C23H17N3O5. The lowest BCUT2D eigenvalue weighted by Crippen LogP contribution is -2.14. The van der Waals surface area contributed by atoms with Gasteiger partial charge in [0, 0.05) is 5.56 Å². The molecule has 0 aliphatic heterocycles. The van der Waals surface area contributed by atoms with Crippen LogP contribution in [0.4, 0.5) is 5.69 Å². The molecule has 0 unspecified atom stereocenters. The average molecular weight is 415 g/mol. The molecule has 154 valence electrons. The largest absolute Gasteiger partial charge is 0.488 e. The fourth-order valence-corrected chi connectivity index (χ4v) is 3.12. The summed E-state index contributed by atoms with van der Waals surface area (Å²) in [6, 6.07) is 21.5. The van der Waals surface area contributed by atoms with E-state index in [-0.39, 0.29) is 5.82 Å². The maximum absolute atomic E-state index is 11.8. The number of nitrogens with one attached hydrogen (secondary N) is 1. The second-order valence-corrected chi connectivity index (χ2v) is 6.72. The van der Waals surface area contributed by atoms with Crippen LogP contribution in [0.1, 0.15) is 17.0 Å². The van der Waals surface area contributed by atoms with Crippen molar-refractivity contribution in [3.63, 3.8) is 0 Å². The number of rotatable bonds is 6. The first-order chi connectivity index (χ1) is 15.0. The number of H-pyrrole nitrogens is 1. The standard InChI is InChI=1S/C23H17N3O5/c27-22-21(26(29)30)23(28)25-20(24-22)12-11-17-6-3-4-8-19(17)31-14-15-9-10-16-5-1-2-7-18(16)13-15/h1-13H,14H2,(H2,24,25,27,28)/b12-11+. The molecule has 0 fully saturated rings. The SMILES string of the molecule is O=c1[nH]c(/C=C/c2ccccc2OCc2ccc3ccccc3c2)nc(O)c1[N+](=O)[O-]. The van der Waals surface area contributed by atoms with Crippen LogP contribution >= 0.6 is 0 Å². The first kappa shape index (κ1) is 19.8. The number of para-hydroxylation sites is 1. The molecule has 2 N–H and O–H groups in total. The zero-order chi connectivity index (χ0) is 21.8. The molecule has 0 saturated heterocycles. The highest BCUT2D eigenvalue weighted by Crippen LogP contribution is 2.23. The first-order valence-corrected chi connectivity index (χ1v) is 9.36. The summed E-state index contributed by atoms with van der Waals surface area (Å²) >= 11 is 0. The molecule has 4 rings (SSSR count). The van der Waals surface area contributed by atoms with Crippen LogP contribution in [0.25, 0.3) is 22.9 Å². The number of benzene rings is 3. The summed E-state index contributed by atoms with van der Waals surface area (Å²) in [6.07, 6.45) is 3.07. The molecule has 1 heterocycles. The van der Waals surface area contributed by atoms with E-state index in [9.17, 15) is 20.0 Å². The van der Waals surface area contributed by atoms with E-state index in [4.69, 9.17) is 4.74 Å². The Bertz CT molecular complexity index is 1360. The van der Waals surface area contributed by atoms with Crippen molar-refractivity contribution in [3.8, 4) is 11.6 Å². The van der Waals surface area contributed by atoms with Crippen molar-refractivity contribution >= 4 is 28.6 Å². The van der Waals surface area contributed by atoms with E-state index >= 15 is 0 Å². The van der Waals surface area contributed by atoms with Crippen LogP contribution < -0.4 is 10.3 Å². The van der Waals surface area contributed by atoms with Crippen molar-refractivity contribution in [1.29, 1.82) is 0 Å². The Morgan fingerprint density at radius 3 is 2.55 bits per heavy atom. The molecule has 4 aromatic rings. The van der Waals surface area contributed by atoms with Gasteiger partial charge in [0.15, 0.2) is 0 Å². The van der Waals surface area contributed by atoms with Gasteiger partial charge >= 0.3 is 11.2 Å². The van der Waals surface area contributed by atoms with E-state index in [1.54, 1.807) is 6.08 Å². The zero-order valence-electron chi connectivity index (χ0n) is 16.2. The van der Waals surface area contributed by atoms with E-state index in [1.165, 1.54) is 6.08 Å². The summed E-state index contributed by atoms with van der Waals surface area (Å²) in [5, 5.41) is 22.7. The smallest absolute Gasteiger partial charge is 0.395 e. The van der Waals surface area contributed by atoms with Crippen LogP contribution in [0.5, 0.6) is 11.6 Å². The van der Waals surface area contributed by atoms with E-state index < -0.39 is 22.0 Å². The van der Waals surface area contributed by atoms with Gasteiger partial charge in [0.2, 0.25) is 0 Å². The van der Waals surface area contributed by atoms with E-state index in [1.807, 2.05) is 54.6 Å². The summed E-state index contributed by atoms with van der Waals surface area (Å²) in [7, 11) is 0. The van der Waals surface area contributed by atoms with Gasteiger partial charge in [0.25, 0.3) is 5.88 Å². The Balaban J connectivity index is 1.54. The van der Waals surface area contributed by atoms with Crippen molar-refractivity contribution in [2.24, 2.45) is 0 Å². The maximum Gasteiger partial charge on any atom is 0.395 e. The Labute approximate surface area is 176 Å². The highest BCUT2D eigenvalue weighted by Gasteiger charge is 2.21. The van der Waals surface area contributed by atoms with Crippen LogP contribution in [0.15, 0.2) is 71.5 Å². The van der Waals surface area contributed by atoms with Crippen LogP contribution in [-0.2, 0) is 6.61 Å². The van der Waals surface area contributed by atoms with Gasteiger partial charge in [-0.3, -0.25) is 14.9 Å². The number of aromatic hydroxyl groups is 1. The molecule has 0 atom stereocenters. The minimum atomic E-state index is -1.03. The third-order valence-electron chi connectivity index (χ3n) is 4.63. The number of aromatic amines is 1. The predicted octanol–water partition coefficient (Wildman–Crippen LogP) is 4.29. The van der Waals surface area contributed by atoms with Gasteiger partial charge < -0.3 is 14.8 Å². The summed E-state index contributed by atoms with van der Waals surface area (Å²) in [5.74, 6) is -0.341. The van der Waals surface area contributed by atoms with Gasteiger partial charge in [0.05, 0.1) is 4.92 Å². The fourth-order valence-electron chi connectivity index (χ4n) is 3.12. The Hall–Kier alpha value is -4.46. The average Bonchev–Trinajstić information content (AvgIpc) is 2.76. The molecule has 1 aromatic heterocycles. The summed E-state index contributed by atoms with van der Waals surface area (Å²) in [6.45, 7) is 0.364. The quantitative estimate of drug-likeness (QED) is 0.358. The van der Waals surface area contributed by atoms with Crippen molar-refractivity contribution in [1.82, 2.24) is 9.97 Å². The van der Waals surface area contributed by atoms with Crippen LogP contribution in [0, 0.1) is 10.1 Å².